The fourth-order valence-electron chi connectivity index (χ4n) is 6.12. The Morgan fingerprint density at radius 2 is 1.64 bits per heavy atom. The zero-order chi connectivity index (χ0) is 32.1. The third kappa shape index (κ3) is 7.01. The van der Waals surface area contributed by atoms with E-state index in [0.717, 1.165) is 48.1 Å². The first-order valence-electron chi connectivity index (χ1n) is 16.0. The lowest BCUT2D eigenvalue weighted by Gasteiger charge is -2.36. The number of hydrogen-bond donors (Lipinski definition) is 1. The molecule has 0 bridgehead atoms. The van der Waals surface area contributed by atoms with Gasteiger partial charge in [-0.25, -0.2) is 9.07 Å². The van der Waals surface area contributed by atoms with Gasteiger partial charge in [0, 0.05) is 25.3 Å². The number of unbranched alkanes of at least 4 members (excludes halogenated alkanes) is 2. The van der Waals surface area contributed by atoms with Gasteiger partial charge in [0.05, 0.1) is 23.9 Å². The van der Waals surface area contributed by atoms with E-state index in [0.29, 0.717) is 54.1 Å². The first-order chi connectivity index (χ1) is 21.7. The number of aromatic nitrogens is 2. The van der Waals surface area contributed by atoms with E-state index in [2.05, 4.69) is 13.8 Å². The number of aliphatic hydroxyl groups excluding tert-OH is 1. The number of carbonyl (C=O) groups is 2. The maximum absolute atomic E-state index is 14.5. The summed E-state index contributed by atoms with van der Waals surface area (Å²) in [5, 5.41) is 15.1. The van der Waals surface area contributed by atoms with Crippen LogP contribution in [-0.4, -0.2) is 62.2 Å². The monoisotopic (exact) mass is 610 g/mol. The first kappa shape index (κ1) is 32.1. The number of nitrogens with zero attached hydrogens (tertiary/aromatic N) is 4. The van der Waals surface area contributed by atoms with Gasteiger partial charge in [-0.3, -0.25) is 9.59 Å². The first-order valence-corrected chi connectivity index (χ1v) is 16.0. The standard InChI is InChI=1S/C37H43FN4O3/c1-5-7-15-40(16-8-6-2)37(45)34-19-26(4)42(39-34)35-14-13-28(30-17-25(3)18-31(38)20-30)22-33(35)36(44)41-23-29-12-10-9-11-27(29)21-32(41)24-43/h9-14,17-20,22,32,43H,5-8,15-16,21,23-24H2,1-4H3/t32-/m0/s1. The molecule has 0 unspecified atom stereocenters. The quantitative estimate of drug-likeness (QED) is 0.201. The van der Waals surface area contributed by atoms with Crippen LogP contribution in [0.15, 0.2) is 66.7 Å². The van der Waals surface area contributed by atoms with Gasteiger partial charge in [-0.2, -0.15) is 5.10 Å². The van der Waals surface area contributed by atoms with E-state index >= 15 is 0 Å². The number of halogens is 1. The number of rotatable bonds is 11. The molecule has 1 aliphatic heterocycles. The molecule has 2 heterocycles. The molecule has 45 heavy (non-hydrogen) atoms. The van der Waals surface area contributed by atoms with E-state index in [1.165, 1.54) is 12.1 Å². The third-order valence-corrected chi connectivity index (χ3v) is 8.61. The number of aryl methyl sites for hydroxylation is 2. The fourth-order valence-corrected chi connectivity index (χ4v) is 6.12. The lowest BCUT2D eigenvalue weighted by atomic mass is 9.93. The van der Waals surface area contributed by atoms with E-state index in [-0.39, 0.29) is 24.2 Å². The molecule has 3 aromatic carbocycles. The zero-order valence-electron chi connectivity index (χ0n) is 26.7. The average Bonchev–Trinajstić information content (AvgIpc) is 3.43. The van der Waals surface area contributed by atoms with Crippen molar-refractivity contribution in [2.24, 2.45) is 0 Å². The van der Waals surface area contributed by atoms with E-state index in [1.807, 2.05) is 61.2 Å². The summed E-state index contributed by atoms with van der Waals surface area (Å²) in [6.45, 7) is 9.45. The van der Waals surface area contributed by atoms with Crippen molar-refractivity contribution in [1.82, 2.24) is 19.6 Å². The maximum atomic E-state index is 14.5. The van der Waals surface area contributed by atoms with Crippen molar-refractivity contribution >= 4 is 11.8 Å². The summed E-state index contributed by atoms with van der Waals surface area (Å²) in [5.41, 5.74) is 6.22. The minimum Gasteiger partial charge on any atom is -0.394 e. The van der Waals surface area contributed by atoms with Gasteiger partial charge in [-0.05, 0) is 91.3 Å². The molecular formula is C37H43FN4O3. The second kappa shape index (κ2) is 14.2. The molecule has 2 amide bonds. The van der Waals surface area contributed by atoms with E-state index in [9.17, 15) is 19.1 Å². The van der Waals surface area contributed by atoms with Crippen LogP contribution in [0.4, 0.5) is 4.39 Å². The Morgan fingerprint density at radius 3 is 2.31 bits per heavy atom. The molecule has 0 saturated carbocycles. The van der Waals surface area contributed by atoms with Crippen LogP contribution in [0.25, 0.3) is 16.8 Å². The summed E-state index contributed by atoms with van der Waals surface area (Å²) in [6.07, 6.45) is 4.35. The van der Waals surface area contributed by atoms with Crippen molar-refractivity contribution in [1.29, 1.82) is 0 Å². The van der Waals surface area contributed by atoms with Gasteiger partial charge in [-0.1, -0.05) is 63.1 Å². The molecule has 1 atom stereocenters. The van der Waals surface area contributed by atoms with Gasteiger partial charge in [0.2, 0.25) is 0 Å². The minimum atomic E-state index is -0.401. The zero-order valence-corrected chi connectivity index (χ0v) is 26.7. The molecule has 0 spiro atoms. The normalized spacial score (nSPS) is 14.4. The largest absolute Gasteiger partial charge is 0.394 e. The second-order valence-corrected chi connectivity index (χ2v) is 12.1. The van der Waals surface area contributed by atoms with E-state index in [4.69, 9.17) is 5.10 Å². The third-order valence-electron chi connectivity index (χ3n) is 8.61. The van der Waals surface area contributed by atoms with Crippen molar-refractivity contribution in [3.8, 4) is 16.8 Å². The van der Waals surface area contributed by atoms with Crippen LogP contribution in [-0.2, 0) is 13.0 Å². The fraction of sp³-hybridized carbons (Fsp3) is 0.378. The minimum absolute atomic E-state index is 0.119. The summed E-state index contributed by atoms with van der Waals surface area (Å²) < 4.78 is 16.1. The predicted molar refractivity (Wildman–Crippen MR) is 175 cm³/mol. The molecular weight excluding hydrogens is 567 g/mol. The number of benzene rings is 3. The molecule has 0 radical (unpaired) electrons. The highest BCUT2D eigenvalue weighted by atomic mass is 19.1. The highest BCUT2D eigenvalue weighted by molar-refractivity contribution is 6.00. The SMILES string of the molecule is CCCCN(CCCC)C(=O)c1cc(C)n(-c2ccc(-c3cc(C)cc(F)c3)cc2C(=O)N2Cc3ccccc3C[C@H]2CO)n1. The molecule has 0 aliphatic carbocycles. The summed E-state index contributed by atoms with van der Waals surface area (Å²) in [5.74, 6) is -0.730. The molecule has 1 aromatic heterocycles. The van der Waals surface area contributed by atoms with Crippen molar-refractivity contribution in [2.75, 3.05) is 19.7 Å². The number of fused-ring (bicyclic) bond motifs is 1. The Morgan fingerprint density at radius 1 is 0.933 bits per heavy atom. The number of hydrogen-bond acceptors (Lipinski definition) is 4. The topological polar surface area (TPSA) is 78.7 Å². The molecule has 8 heteroatoms. The van der Waals surface area contributed by atoms with Gasteiger partial charge in [-0.15, -0.1) is 0 Å². The number of carbonyl (C=O) groups excluding carboxylic acids is 2. The Balaban J connectivity index is 1.59. The van der Waals surface area contributed by atoms with E-state index < -0.39 is 6.04 Å². The van der Waals surface area contributed by atoms with Gasteiger partial charge < -0.3 is 14.9 Å². The summed E-state index contributed by atoms with van der Waals surface area (Å²) in [4.78, 5) is 31.7. The molecule has 5 rings (SSSR count). The Bertz CT molecular complexity index is 1650. The summed E-state index contributed by atoms with van der Waals surface area (Å²) in [7, 11) is 0. The van der Waals surface area contributed by atoms with Crippen LogP contribution in [0.5, 0.6) is 0 Å². The van der Waals surface area contributed by atoms with Crippen LogP contribution in [0, 0.1) is 19.7 Å². The Labute approximate surface area is 265 Å². The molecule has 236 valence electrons. The van der Waals surface area contributed by atoms with Crippen LogP contribution in [0.2, 0.25) is 0 Å². The number of aliphatic hydroxyl groups is 1. The highest BCUT2D eigenvalue weighted by Gasteiger charge is 2.32. The van der Waals surface area contributed by atoms with Gasteiger partial charge in [0.1, 0.15) is 5.82 Å². The molecule has 0 fully saturated rings. The van der Waals surface area contributed by atoms with E-state index in [1.54, 1.807) is 21.7 Å². The lowest BCUT2D eigenvalue weighted by Crippen LogP contribution is -2.46. The molecule has 4 aromatic rings. The second-order valence-electron chi connectivity index (χ2n) is 12.1. The van der Waals surface area contributed by atoms with Crippen LogP contribution in [0.1, 0.15) is 82.8 Å². The lowest BCUT2D eigenvalue weighted by molar-refractivity contribution is 0.0544. The van der Waals surface area contributed by atoms with Gasteiger partial charge >= 0.3 is 0 Å². The molecule has 1 aliphatic rings. The van der Waals surface area contributed by atoms with Crippen LogP contribution >= 0.6 is 0 Å². The van der Waals surface area contributed by atoms with Crippen LogP contribution < -0.4 is 0 Å². The van der Waals surface area contributed by atoms with Gasteiger partial charge in [0.25, 0.3) is 11.8 Å². The smallest absolute Gasteiger partial charge is 0.274 e. The Kier molecular flexibility index (Phi) is 10.1. The van der Waals surface area contributed by atoms with Crippen molar-refractivity contribution in [3.63, 3.8) is 0 Å². The number of amides is 2. The predicted octanol–water partition coefficient (Wildman–Crippen LogP) is 6.90. The molecule has 7 nitrogen and oxygen atoms in total. The summed E-state index contributed by atoms with van der Waals surface area (Å²) >= 11 is 0. The van der Waals surface area contributed by atoms with Crippen molar-refractivity contribution < 1.29 is 19.1 Å². The maximum Gasteiger partial charge on any atom is 0.274 e. The molecule has 1 N–H and O–H groups in total. The molecule has 0 saturated heterocycles. The average molecular weight is 611 g/mol. The van der Waals surface area contributed by atoms with Crippen LogP contribution in [0.3, 0.4) is 0 Å². The van der Waals surface area contributed by atoms with Crippen molar-refractivity contribution in [2.45, 2.75) is 72.4 Å². The van der Waals surface area contributed by atoms with Crippen molar-refractivity contribution in [3.05, 3.63) is 106 Å². The summed E-state index contributed by atoms with van der Waals surface area (Å²) in [6, 6.07) is 19.6. The Hall–Kier alpha value is -4.30. The van der Waals surface area contributed by atoms with Gasteiger partial charge in [0.15, 0.2) is 5.69 Å². The highest BCUT2D eigenvalue weighted by Crippen LogP contribution is 2.31.